The van der Waals surface area contributed by atoms with Crippen LogP contribution in [0.15, 0.2) is 9.42 Å². The van der Waals surface area contributed by atoms with Crippen LogP contribution < -0.4 is 5.73 Å². The lowest BCUT2D eigenvalue weighted by molar-refractivity contribution is -0.134. The molecule has 1 saturated heterocycles. The molecule has 1 aliphatic heterocycles. The van der Waals surface area contributed by atoms with E-state index in [4.69, 9.17) is 10.3 Å². The number of halogens is 1. The second-order valence-electron chi connectivity index (χ2n) is 5.87. The molecule has 24 heavy (non-hydrogen) atoms. The number of carbonyl (C=O) groups excluding carboxylic acids is 1. The van der Waals surface area contributed by atoms with Crippen molar-refractivity contribution in [1.29, 1.82) is 0 Å². The van der Waals surface area contributed by atoms with Crippen molar-refractivity contribution < 1.29 is 17.7 Å². The molecule has 0 aromatic carbocycles. The van der Waals surface area contributed by atoms with E-state index in [0.717, 1.165) is 0 Å². The van der Waals surface area contributed by atoms with Crippen LogP contribution in [0.5, 0.6) is 0 Å². The number of hydrogen-bond donors (Lipinski definition) is 1. The molecule has 0 aliphatic carbocycles. The Morgan fingerprint density at radius 3 is 2.50 bits per heavy atom. The molecule has 1 atom stereocenters. The molecule has 0 bridgehead atoms. The molecule has 1 unspecified atom stereocenters. The van der Waals surface area contributed by atoms with Crippen LogP contribution in [0, 0.1) is 19.8 Å². The molecule has 1 aliphatic rings. The van der Waals surface area contributed by atoms with E-state index in [1.54, 1.807) is 25.7 Å². The minimum Gasteiger partial charge on any atom is -0.360 e. The second-order valence-corrected chi connectivity index (χ2v) is 7.75. The van der Waals surface area contributed by atoms with Crippen LogP contribution in [0.4, 0.5) is 0 Å². The van der Waals surface area contributed by atoms with Gasteiger partial charge in [0.15, 0.2) is 5.76 Å². The van der Waals surface area contributed by atoms with Gasteiger partial charge in [-0.3, -0.25) is 4.79 Å². The number of aromatic nitrogens is 1. The molecule has 2 N–H and O–H groups in total. The van der Waals surface area contributed by atoms with Gasteiger partial charge in [-0.2, -0.15) is 4.31 Å². The molecule has 2 heterocycles. The zero-order valence-corrected chi connectivity index (χ0v) is 15.8. The van der Waals surface area contributed by atoms with Gasteiger partial charge in [-0.1, -0.05) is 12.1 Å². The fourth-order valence-electron chi connectivity index (χ4n) is 2.74. The number of nitrogens with two attached hydrogens (primary N) is 1. The molecular weight excluding hydrogens is 356 g/mol. The predicted molar refractivity (Wildman–Crippen MR) is 91.4 cm³/mol. The second kappa shape index (κ2) is 8.28. The van der Waals surface area contributed by atoms with Crippen molar-refractivity contribution in [3.63, 3.8) is 0 Å². The summed E-state index contributed by atoms with van der Waals surface area (Å²) in [5.74, 6) is 0.0150. The molecular formula is C14H25ClN4O4S. The van der Waals surface area contributed by atoms with Crippen LogP contribution in [0.2, 0.25) is 0 Å². The maximum atomic E-state index is 12.8. The van der Waals surface area contributed by atoms with Gasteiger partial charge in [0.1, 0.15) is 10.6 Å². The summed E-state index contributed by atoms with van der Waals surface area (Å²) in [7, 11) is -3.66. The molecule has 10 heteroatoms. The first kappa shape index (κ1) is 20.9. The highest BCUT2D eigenvalue weighted by Crippen LogP contribution is 2.24. The van der Waals surface area contributed by atoms with Crippen molar-refractivity contribution in [2.45, 2.75) is 32.1 Å². The molecule has 1 aromatic heterocycles. The van der Waals surface area contributed by atoms with Crippen molar-refractivity contribution in [2.75, 3.05) is 32.7 Å². The van der Waals surface area contributed by atoms with E-state index in [0.29, 0.717) is 31.7 Å². The standard InChI is InChI=1S/C14H24N4O4S.ClH/c1-10(9-15)14(19)17-5-4-6-18(8-7-17)23(20,21)13-11(2)16-22-12(13)3;/h10H,4-9,15H2,1-3H3;1H. The van der Waals surface area contributed by atoms with Gasteiger partial charge in [-0.15, -0.1) is 12.4 Å². The van der Waals surface area contributed by atoms with Crippen LogP contribution in [-0.4, -0.2) is 61.4 Å². The van der Waals surface area contributed by atoms with E-state index < -0.39 is 10.0 Å². The van der Waals surface area contributed by atoms with E-state index in [1.807, 2.05) is 0 Å². The predicted octanol–water partition coefficient (Wildman–Crippen LogP) is 0.531. The molecule has 0 spiro atoms. The molecule has 1 aromatic rings. The maximum Gasteiger partial charge on any atom is 0.248 e. The van der Waals surface area contributed by atoms with E-state index in [9.17, 15) is 13.2 Å². The lowest BCUT2D eigenvalue weighted by Crippen LogP contribution is -2.41. The third kappa shape index (κ3) is 4.08. The van der Waals surface area contributed by atoms with E-state index in [1.165, 1.54) is 4.31 Å². The molecule has 0 saturated carbocycles. The molecule has 0 radical (unpaired) electrons. The zero-order valence-electron chi connectivity index (χ0n) is 14.2. The van der Waals surface area contributed by atoms with Gasteiger partial charge < -0.3 is 15.2 Å². The van der Waals surface area contributed by atoms with Crippen LogP contribution >= 0.6 is 12.4 Å². The first-order valence-electron chi connectivity index (χ1n) is 7.71. The third-order valence-electron chi connectivity index (χ3n) is 4.11. The summed E-state index contributed by atoms with van der Waals surface area (Å²) < 4.78 is 32.0. The van der Waals surface area contributed by atoms with Gasteiger partial charge in [0.25, 0.3) is 0 Å². The van der Waals surface area contributed by atoms with Gasteiger partial charge in [0.2, 0.25) is 15.9 Å². The Bertz CT molecular complexity index is 657. The Morgan fingerprint density at radius 1 is 1.29 bits per heavy atom. The van der Waals surface area contributed by atoms with Crippen molar-refractivity contribution >= 4 is 28.3 Å². The van der Waals surface area contributed by atoms with Crippen LogP contribution in [-0.2, 0) is 14.8 Å². The quantitative estimate of drug-likeness (QED) is 0.815. The molecule has 8 nitrogen and oxygen atoms in total. The number of nitrogens with zero attached hydrogens (tertiary/aromatic N) is 3. The average Bonchev–Trinajstić information content (AvgIpc) is 2.73. The van der Waals surface area contributed by atoms with E-state index in [2.05, 4.69) is 5.16 Å². The first-order valence-corrected chi connectivity index (χ1v) is 9.15. The fourth-order valence-corrected chi connectivity index (χ4v) is 4.50. The molecule has 1 fully saturated rings. The van der Waals surface area contributed by atoms with Gasteiger partial charge >= 0.3 is 0 Å². The van der Waals surface area contributed by atoms with Gasteiger partial charge in [0, 0.05) is 38.6 Å². The average molecular weight is 381 g/mol. The summed E-state index contributed by atoms with van der Waals surface area (Å²) in [6, 6.07) is 0. The maximum absolute atomic E-state index is 12.8. The van der Waals surface area contributed by atoms with Gasteiger partial charge in [0.05, 0.1) is 0 Å². The minimum atomic E-state index is -3.66. The van der Waals surface area contributed by atoms with Crippen molar-refractivity contribution in [1.82, 2.24) is 14.4 Å². The fraction of sp³-hybridized carbons (Fsp3) is 0.714. The Morgan fingerprint density at radius 2 is 1.96 bits per heavy atom. The van der Waals surface area contributed by atoms with Crippen LogP contribution in [0.3, 0.4) is 0 Å². The third-order valence-corrected chi connectivity index (χ3v) is 6.25. The summed E-state index contributed by atoms with van der Waals surface area (Å²) in [4.78, 5) is 14.1. The van der Waals surface area contributed by atoms with Crippen molar-refractivity contribution in [3.8, 4) is 0 Å². The SMILES string of the molecule is Cc1noc(C)c1S(=O)(=O)N1CCCN(C(=O)C(C)CN)CC1.Cl. The number of amides is 1. The summed E-state index contributed by atoms with van der Waals surface area (Å²) in [5.41, 5.74) is 5.90. The van der Waals surface area contributed by atoms with E-state index in [-0.39, 0.29) is 48.0 Å². The lowest BCUT2D eigenvalue weighted by atomic mass is 10.1. The van der Waals surface area contributed by atoms with Crippen LogP contribution in [0.1, 0.15) is 24.8 Å². The molecule has 138 valence electrons. The zero-order chi connectivity index (χ0) is 17.2. The van der Waals surface area contributed by atoms with Gasteiger partial charge in [-0.25, -0.2) is 8.42 Å². The summed E-state index contributed by atoms with van der Waals surface area (Å²) >= 11 is 0. The highest BCUT2D eigenvalue weighted by atomic mass is 35.5. The number of aryl methyl sites for hydroxylation is 2. The van der Waals surface area contributed by atoms with Gasteiger partial charge in [-0.05, 0) is 20.3 Å². The Hall–Kier alpha value is -1.16. The Labute approximate surface area is 148 Å². The first-order chi connectivity index (χ1) is 10.8. The summed E-state index contributed by atoms with van der Waals surface area (Å²) in [6.45, 7) is 6.80. The van der Waals surface area contributed by atoms with E-state index >= 15 is 0 Å². The largest absolute Gasteiger partial charge is 0.360 e. The van der Waals surface area contributed by atoms with Crippen molar-refractivity contribution in [2.24, 2.45) is 11.7 Å². The van der Waals surface area contributed by atoms with Crippen LogP contribution in [0.25, 0.3) is 0 Å². The summed E-state index contributed by atoms with van der Waals surface area (Å²) in [5, 5.41) is 3.72. The topological polar surface area (TPSA) is 110 Å². The number of hydrogen-bond acceptors (Lipinski definition) is 6. The highest BCUT2D eigenvalue weighted by Gasteiger charge is 2.33. The van der Waals surface area contributed by atoms with Crippen molar-refractivity contribution in [3.05, 3.63) is 11.5 Å². The molecule has 2 rings (SSSR count). The lowest BCUT2D eigenvalue weighted by Gasteiger charge is -2.24. The molecule has 1 amide bonds. The number of rotatable bonds is 4. The number of carbonyl (C=O) groups is 1. The Kier molecular flexibility index (Phi) is 7.21. The monoisotopic (exact) mass is 380 g/mol. The smallest absolute Gasteiger partial charge is 0.248 e. The highest BCUT2D eigenvalue weighted by molar-refractivity contribution is 7.89. The minimum absolute atomic E-state index is 0. The Balaban J connectivity index is 0.00000288. The number of sulfonamides is 1. The summed E-state index contributed by atoms with van der Waals surface area (Å²) in [6.07, 6.45) is 0.589. The normalized spacial score (nSPS) is 17.9.